The molecule has 0 amide bonds. The van der Waals surface area contributed by atoms with Gasteiger partial charge in [-0.1, -0.05) is 27.2 Å². The summed E-state index contributed by atoms with van der Waals surface area (Å²) in [6, 6.07) is 0.731. The lowest BCUT2D eigenvalue weighted by Crippen LogP contribution is -2.26. The minimum absolute atomic E-state index is 0.731. The molecule has 0 saturated heterocycles. The van der Waals surface area contributed by atoms with Gasteiger partial charge < -0.3 is 5.32 Å². The van der Waals surface area contributed by atoms with E-state index in [1.807, 2.05) is 0 Å². The summed E-state index contributed by atoms with van der Waals surface area (Å²) in [6.45, 7) is 6.82. The number of nitrogens with one attached hydrogen (secondary N) is 1. The van der Waals surface area contributed by atoms with Crippen molar-refractivity contribution in [3.63, 3.8) is 0 Å². The highest BCUT2D eigenvalue weighted by Crippen LogP contribution is 2.10. The maximum atomic E-state index is 3.32. The van der Waals surface area contributed by atoms with Crippen LogP contribution in [0.25, 0.3) is 0 Å². The van der Waals surface area contributed by atoms with E-state index < -0.39 is 0 Å². The molecule has 2 atom stereocenters. The van der Waals surface area contributed by atoms with E-state index in [2.05, 4.69) is 33.1 Å². The van der Waals surface area contributed by atoms with E-state index in [1.54, 1.807) is 0 Å². The maximum Gasteiger partial charge on any atom is 0.00639 e. The van der Waals surface area contributed by atoms with Crippen molar-refractivity contribution in [1.29, 1.82) is 0 Å². The van der Waals surface area contributed by atoms with Crippen LogP contribution in [-0.2, 0) is 0 Å². The minimum Gasteiger partial charge on any atom is -0.317 e. The molecule has 0 rings (SSSR count). The van der Waals surface area contributed by atoms with Crippen LogP contribution >= 0.6 is 0 Å². The first-order chi connectivity index (χ1) is 4.74. The van der Waals surface area contributed by atoms with Gasteiger partial charge in [-0.2, -0.15) is 0 Å². The van der Waals surface area contributed by atoms with E-state index in [0.717, 1.165) is 12.0 Å². The number of hydrogen-bond donors (Lipinski definition) is 1. The standard InChI is InChI=1S/C9H21N/c1-5-8(3)7-9(6-2)10-4/h8-10H,5-7H2,1-4H3. The smallest absolute Gasteiger partial charge is 0.00639 e. The first-order valence-corrected chi connectivity index (χ1v) is 4.41. The predicted molar refractivity (Wildman–Crippen MR) is 47.2 cm³/mol. The van der Waals surface area contributed by atoms with Crippen LogP contribution in [0.5, 0.6) is 0 Å². The second kappa shape index (κ2) is 5.72. The van der Waals surface area contributed by atoms with Crippen LogP contribution in [0.15, 0.2) is 0 Å². The molecular weight excluding hydrogens is 122 g/mol. The zero-order chi connectivity index (χ0) is 7.98. The molecule has 0 aliphatic carbocycles. The Morgan fingerprint density at radius 1 is 1.20 bits per heavy atom. The Labute approximate surface area is 65.2 Å². The van der Waals surface area contributed by atoms with Crippen molar-refractivity contribution in [3.8, 4) is 0 Å². The summed E-state index contributed by atoms with van der Waals surface area (Å²) in [7, 11) is 2.05. The molecule has 0 saturated carbocycles. The zero-order valence-electron chi connectivity index (χ0n) is 7.78. The second-order valence-electron chi connectivity index (χ2n) is 3.14. The Morgan fingerprint density at radius 3 is 2.10 bits per heavy atom. The Hall–Kier alpha value is -0.0400. The Balaban J connectivity index is 3.41. The quantitative estimate of drug-likeness (QED) is 0.623. The zero-order valence-corrected chi connectivity index (χ0v) is 7.78. The minimum atomic E-state index is 0.731. The topological polar surface area (TPSA) is 12.0 Å². The van der Waals surface area contributed by atoms with E-state index in [0.29, 0.717) is 0 Å². The van der Waals surface area contributed by atoms with Gasteiger partial charge in [0, 0.05) is 6.04 Å². The van der Waals surface area contributed by atoms with E-state index in [9.17, 15) is 0 Å². The van der Waals surface area contributed by atoms with Crippen molar-refractivity contribution in [2.45, 2.75) is 46.1 Å². The fraction of sp³-hybridized carbons (Fsp3) is 1.00. The molecule has 0 aromatic heterocycles. The van der Waals surface area contributed by atoms with Crippen LogP contribution < -0.4 is 5.32 Å². The first kappa shape index (κ1) is 9.96. The summed E-state index contributed by atoms with van der Waals surface area (Å²) >= 11 is 0. The summed E-state index contributed by atoms with van der Waals surface area (Å²) in [5.74, 6) is 0.873. The lowest BCUT2D eigenvalue weighted by Gasteiger charge is -2.17. The van der Waals surface area contributed by atoms with Gasteiger partial charge in [-0.25, -0.2) is 0 Å². The Morgan fingerprint density at radius 2 is 1.80 bits per heavy atom. The highest BCUT2D eigenvalue weighted by Gasteiger charge is 2.06. The Bertz CT molecular complexity index is 67.1. The van der Waals surface area contributed by atoms with Crippen LogP contribution in [0.3, 0.4) is 0 Å². The van der Waals surface area contributed by atoms with Crippen molar-refractivity contribution >= 4 is 0 Å². The van der Waals surface area contributed by atoms with Crippen LogP contribution in [-0.4, -0.2) is 13.1 Å². The van der Waals surface area contributed by atoms with Crippen LogP contribution in [0.4, 0.5) is 0 Å². The average molecular weight is 143 g/mol. The fourth-order valence-electron chi connectivity index (χ4n) is 1.14. The second-order valence-corrected chi connectivity index (χ2v) is 3.14. The molecule has 0 spiro atoms. The monoisotopic (exact) mass is 143 g/mol. The molecule has 1 heteroatoms. The molecule has 0 radical (unpaired) electrons. The van der Waals surface area contributed by atoms with Gasteiger partial charge in [0.15, 0.2) is 0 Å². The first-order valence-electron chi connectivity index (χ1n) is 4.41. The third-order valence-corrected chi connectivity index (χ3v) is 2.28. The van der Waals surface area contributed by atoms with E-state index in [1.165, 1.54) is 19.3 Å². The third-order valence-electron chi connectivity index (χ3n) is 2.28. The molecule has 1 nitrogen and oxygen atoms in total. The van der Waals surface area contributed by atoms with Gasteiger partial charge >= 0.3 is 0 Å². The predicted octanol–water partition coefficient (Wildman–Crippen LogP) is 2.42. The SMILES string of the molecule is CCC(C)CC(CC)NC. The average Bonchev–Trinajstić information content (AvgIpc) is 1.99. The van der Waals surface area contributed by atoms with Crippen LogP contribution in [0.1, 0.15) is 40.0 Å². The molecule has 0 aliphatic rings. The molecule has 0 aromatic carbocycles. The molecule has 1 N–H and O–H groups in total. The van der Waals surface area contributed by atoms with Gasteiger partial charge in [-0.15, -0.1) is 0 Å². The highest BCUT2D eigenvalue weighted by molar-refractivity contribution is 4.65. The third kappa shape index (κ3) is 3.89. The summed E-state index contributed by atoms with van der Waals surface area (Å²) in [4.78, 5) is 0. The molecule has 0 fully saturated rings. The molecule has 0 bridgehead atoms. The Kier molecular flexibility index (Phi) is 5.70. The summed E-state index contributed by atoms with van der Waals surface area (Å²) < 4.78 is 0. The molecular formula is C9H21N. The maximum absolute atomic E-state index is 3.32. The molecule has 2 unspecified atom stereocenters. The molecule has 0 heterocycles. The number of rotatable bonds is 5. The number of hydrogen-bond acceptors (Lipinski definition) is 1. The van der Waals surface area contributed by atoms with Crippen molar-refractivity contribution in [2.24, 2.45) is 5.92 Å². The summed E-state index contributed by atoms with van der Waals surface area (Å²) in [6.07, 6.45) is 3.88. The van der Waals surface area contributed by atoms with Gasteiger partial charge in [0.05, 0.1) is 0 Å². The van der Waals surface area contributed by atoms with E-state index >= 15 is 0 Å². The van der Waals surface area contributed by atoms with Gasteiger partial charge in [0.25, 0.3) is 0 Å². The fourth-order valence-corrected chi connectivity index (χ4v) is 1.14. The van der Waals surface area contributed by atoms with Crippen LogP contribution in [0, 0.1) is 5.92 Å². The molecule has 10 heavy (non-hydrogen) atoms. The highest BCUT2D eigenvalue weighted by atomic mass is 14.9. The van der Waals surface area contributed by atoms with Gasteiger partial charge in [0.1, 0.15) is 0 Å². The molecule has 62 valence electrons. The van der Waals surface area contributed by atoms with Crippen LogP contribution in [0.2, 0.25) is 0 Å². The largest absolute Gasteiger partial charge is 0.317 e. The molecule has 0 aromatic rings. The lowest BCUT2D eigenvalue weighted by molar-refractivity contribution is 0.404. The van der Waals surface area contributed by atoms with E-state index in [-0.39, 0.29) is 0 Å². The summed E-state index contributed by atoms with van der Waals surface area (Å²) in [5, 5.41) is 3.32. The van der Waals surface area contributed by atoms with Gasteiger partial charge in [0.2, 0.25) is 0 Å². The van der Waals surface area contributed by atoms with Gasteiger partial charge in [-0.3, -0.25) is 0 Å². The normalized spacial score (nSPS) is 16.8. The van der Waals surface area contributed by atoms with Crippen molar-refractivity contribution in [3.05, 3.63) is 0 Å². The molecule has 0 aliphatic heterocycles. The summed E-state index contributed by atoms with van der Waals surface area (Å²) in [5.41, 5.74) is 0. The lowest BCUT2D eigenvalue weighted by atomic mass is 9.98. The van der Waals surface area contributed by atoms with Crippen molar-refractivity contribution in [2.75, 3.05) is 7.05 Å². The van der Waals surface area contributed by atoms with E-state index in [4.69, 9.17) is 0 Å². The van der Waals surface area contributed by atoms with Gasteiger partial charge in [-0.05, 0) is 25.8 Å². The van der Waals surface area contributed by atoms with Crippen molar-refractivity contribution in [1.82, 2.24) is 5.32 Å². The van der Waals surface area contributed by atoms with Crippen molar-refractivity contribution < 1.29 is 0 Å².